The molecule has 0 radical (unpaired) electrons. The third kappa shape index (κ3) is 4.67. The van der Waals surface area contributed by atoms with E-state index in [0.717, 1.165) is 14.5 Å². The lowest BCUT2D eigenvalue weighted by Gasteiger charge is -2.10. The van der Waals surface area contributed by atoms with E-state index < -0.39 is 0 Å². The van der Waals surface area contributed by atoms with Crippen LogP contribution < -0.4 is 10.9 Å². The molecule has 1 N–H and O–H groups in total. The molecule has 25 heavy (non-hydrogen) atoms. The zero-order valence-corrected chi connectivity index (χ0v) is 16.2. The maximum Gasteiger partial charge on any atom is 0.251 e. The molecule has 0 fully saturated rings. The molecule has 3 rings (SSSR count). The van der Waals surface area contributed by atoms with Crippen LogP contribution in [0.25, 0.3) is 0 Å². The SMILES string of the molecule is O=C(Cn1cc(Br)ccc1=O)Nc1ccnn1Cc1ccc(Br)cc1. The Labute approximate surface area is 160 Å². The van der Waals surface area contributed by atoms with Crippen LogP contribution >= 0.6 is 31.9 Å². The molecule has 0 aliphatic heterocycles. The first-order valence-corrected chi connectivity index (χ1v) is 9.02. The number of hydrogen-bond acceptors (Lipinski definition) is 3. The Morgan fingerprint density at radius 3 is 2.52 bits per heavy atom. The normalized spacial score (nSPS) is 10.6. The molecule has 0 aliphatic rings. The summed E-state index contributed by atoms with van der Waals surface area (Å²) >= 11 is 6.69. The Morgan fingerprint density at radius 1 is 1.04 bits per heavy atom. The summed E-state index contributed by atoms with van der Waals surface area (Å²) in [4.78, 5) is 24.0. The highest BCUT2D eigenvalue weighted by molar-refractivity contribution is 9.10. The number of rotatable bonds is 5. The molecule has 2 aromatic heterocycles. The largest absolute Gasteiger partial charge is 0.309 e. The standard InChI is InChI=1S/C17H14Br2N4O2/c18-13-3-1-12(2-4-13)9-23-15(7-8-20-23)21-16(24)11-22-10-14(19)5-6-17(22)25/h1-8,10H,9,11H2,(H,21,24). The van der Waals surface area contributed by atoms with E-state index in [1.807, 2.05) is 24.3 Å². The fourth-order valence-corrected chi connectivity index (χ4v) is 2.93. The molecule has 8 heteroatoms. The summed E-state index contributed by atoms with van der Waals surface area (Å²) in [6, 6.07) is 12.7. The molecule has 0 saturated heterocycles. The van der Waals surface area contributed by atoms with E-state index in [4.69, 9.17) is 0 Å². The highest BCUT2D eigenvalue weighted by Gasteiger charge is 2.09. The Kier molecular flexibility index (Phi) is 5.50. The number of anilines is 1. The monoisotopic (exact) mass is 464 g/mol. The number of hydrogen-bond donors (Lipinski definition) is 1. The minimum atomic E-state index is -0.294. The third-order valence-electron chi connectivity index (χ3n) is 3.49. The highest BCUT2D eigenvalue weighted by Crippen LogP contribution is 2.14. The van der Waals surface area contributed by atoms with Crippen molar-refractivity contribution in [2.75, 3.05) is 5.32 Å². The minimum Gasteiger partial charge on any atom is -0.309 e. The smallest absolute Gasteiger partial charge is 0.251 e. The van der Waals surface area contributed by atoms with Crippen LogP contribution in [0.4, 0.5) is 5.82 Å². The Bertz CT molecular complexity index is 948. The average molecular weight is 466 g/mol. The Hall–Kier alpha value is -2.19. The summed E-state index contributed by atoms with van der Waals surface area (Å²) < 4.78 is 4.78. The first-order valence-electron chi connectivity index (χ1n) is 7.43. The number of halogens is 2. The van der Waals surface area contributed by atoms with Gasteiger partial charge in [-0.3, -0.25) is 9.59 Å². The lowest BCUT2D eigenvalue weighted by molar-refractivity contribution is -0.116. The molecule has 0 saturated carbocycles. The number of pyridine rings is 1. The van der Waals surface area contributed by atoms with Gasteiger partial charge in [-0.15, -0.1) is 0 Å². The summed E-state index contributed by atoms with van der Waals surface area (Å²) in [5.74, 6) is 0.286. The van der Waals surface area contributed by atoms with E-state index in [2.05, 4.69) is 42.3 Å². The van der Waals surface area contributed by atoms with Gasteiger partial charge in [-0.2, -0.15) is 5.10 Å². The van der Waals surface area contributed by atoms with Crippen LogP contribution in [0.15, 0.2) is 68.6 Å². The van der Waals surface area contributed by atoms with Crippen molar-refractivity contribution < 1.29 is 4.79 Å². The second-order valence-electron chi connectivity index (χ2n) is 5.36. The van der Waals surface area contributed by atoms with Crippen LogP contribution in [0.2, 0.25) is 0 Å². The van der Waals surface area contributed by atoms with Gasteiger partial charge in [0.1, 0.15) is 12.4 Å². The zero-order chi connectivity index (χ0) is 17.8. The summed E-state index contributed by atoms with van der Waals surface area (Å²) in [6.45, 7) is 0.467. The maximum absolute atomic E-state index is 12.3. The van der Waals surface area contributed by atoms with E-state index >= 15 is 0 Å². The zero-order valence-electron chi connectivity index (χ0n) is 13.0. The molecule has 2 heterocycles. The van der Waals surface area contributed by atoms with E-state index in [0.29, 0.717) is 12.4 Å². The molecule has 0 bridgehead atoms. The van der Waals surface area contributed by atoms with Crippen molar-refractivity contribution in [2.24, 2.45) is 0 Å². The molecule has 1 aromatic carbocycles. The molecular weight excluding hydrogens is 452 g/mol. The quantitative estimate of drug-likeness (QED) is 0.628. The predicted octanol–water partition coefficient (Wildman–Crippen LogP) is 3.26. The lowest BCUT2D eigenvalue weighted by atomic mass is 10.2. The van der Waals surface area contributed by atoms with Gasteiger partial charge in [-0.05, 0) is 39.7 Å². The van der Waals surface area contributed by atoms with Gasteiger partial charge in [0.25, 0.3) is 5.56 Å². The minimum absolute atomic E-state index is 0.0677. The fraction of sp³-hybridized carbons (Fsp3) is 0.118. The third-order valence-corrected chi connectivity index (χ3v) is 4.49. The van der Waals surface area contributed by atoms with Gasteiger partial charge in [-0.1, -0.05) is 28.1 Å². The second-order valence-corrected chi connectivity index (χ2v) is 7.19. The van der Waals surface area contributed by atoms with Gasteiger partial charge in [0.2, 0.25) is 5.91 Å². The van der Waals surface area contributed by atoms with Crippen molar-refractivity contribution in [3.05, 3.63) is 79.7 Å². The van der Waals surface area contributed by atoms with E-state index in [1.54, 1.807) is 29.2 Å². The summed E-state index contributed by atoms with van der Waals surface area (Å²) in [5.41, 5.74) is 0.826. The average Bonchev–Trinajstić information content (AvgIpc) is 3.00. The summed E-state index contributed by atoms with van der Waals surface area (Å²) in [6.07, 6.45) is 3.21. The van der Waals surface area contributed by atoms with Gasteiger partial charge < -0.3 is 9.88 Å². The van der Waals surface area contributed by atoms with Crippen molar-refractivity contribution in [1.82, 2.24) is 14.3 Å². The van der Waals surface area contributed by atoms with Crippen LogP contribution in [0, 0.1) is 0 Å². The predicted molar refractivity (Wildman–Crippen MR) is 103 cm³/mol. The molecular formula is C17H14Br2N4O2. The first kappa shape index (κ1) is 17.6. The van der Waals surface area contributed by atoms with Crippen molar-refractivity contribution in [3.8, 4) is 0 Å². The number of nitrogens with one attached hydrogen (secondary N) is 1. The molecule has 128 valence electrons. The topological polar surface area (TPSA) is 68.9 Å². The van der Waals surface area contributed by atoms with Crippen LogP contribution in [0.3, 0.4) is 0 Å². The van der Waals surface area contributed by atoms with Gasteiger partial charge in [0.15, 0.2) is 0 Å². The number of nitrogens with zero attached hydrogens (tertiary/aromatic N) is 3. The highest BCUT2D eigenvalue weighted by atomic mass is 79.9. The summed E-state index contributed by atoms with van der Waals surface area (Å²) in [7, 11) is 0. The lowest BCUT2D eigenvalue weighted by Crippen LogP contribution is -2.27. The Morgan fingerprint density at radius 2 is 1.76 bits per heavy atom. The number of carbonyl (C=O) groups is 1. The van der Waals surface area contributed by atoms with Crippen molar-refractivity contribution >= 4 is 43.6 Å². The molecule has 1 amide bonds. The molecule has 0 aliphatic carbocycles. The van der Waals surface area contributed by atoms with Crippen LogP contribution in [-0.2, 0) is 17.9 Å². The molecule has 0 unspecified atom stereocenters. The van der Waals surface area contributed by atoms with Crippen LogP contribution in [-0.4, -0.2) is 20.3 Å². The number of benzene rings is 1. The number of carbonyl (C=O) groups excluding carboxylic acids is 1. The van der Waals surface area contributed by atoms with Gasteiger partial charge in [0, 0.05) is 27.3 Å². The number of amides is 1. The van der Waals surface area contributed by atoms with Crippen molar-refractivity contribution in [1.29, 1.82) is 0 Å². The molecule has 6 nitrogen and oxygen atoms in total. The Balaban J connectivity index is 1.70. The van der Waals surface area contributed by atoms with Gasteiger partial charge in [0.05, 0.1) is 12.7 Å². The fourth-order valence-electron chi connectivity index (χ4n) is 2.29. The first-order chi connectivity index (χ1) is 12.0. The van der Waals surface area contributed by atoms with Crippen molar-refractivity contribution in [2.45, 2.75) is 13.1 Å². The van der Waals surface area contributed by atoms with Crippen LogP contribution in [0.5, 0.6) is 0 Å². The van der Waals surface area contributed by atoms with E-state index in [-0.39, 0.29) is 18.0 Å². The van der Waals surface area contributed by atoms with Crippen LogP contribution in [0.1, 0.15) is 5.56 Å². The molecule has 3 aromatic rings. The number of aromatic nitrogens is 3. The summed E-state index contributed by atoms with van der Waals surface area (Å²) in [5, 5.41) is 7.03. The molecule has 0 spiro atoms. The second kappa shape index (κ2) is 7.79. The van der Waals surface area contributed by atoms with Gasteiger partial charge >= 0.3 is 0 Å². The van der Waals surface area contributed by atoms with E-state index in [9.17, 15) is 9.59 Å². The maximum atomic E-state index is 12.3. The van der Waals surface area contributed by atoms with Crippen molar-refractivity contribution in [3.63, 3.8) is 0 Å². The van der Waals surface area contributed by atoms with E-state index in [1.165, 1.54) is 10.6 Å². The van der Waals surface area contributed by atoms with Gasteiger partial charge in [-0.25, -0.2) is 4.68 Å². The molecule has 0 atom stereocenters.